The minimum Gasteiger partial charge on any atom is -0.281 e. The van der Waals surface area contributed by atoms with E-state index < -0.39 is 27.2 Å². The number of alkyl halides is 2. The van der Waals surface area contributed by atoms with Crippen molar-refractivity contribution < 1.29 is 21.8 Å². The molecule has 1 N–H and O–H groups in total. The van der Waals surface area contributed by atoms with E-state index in [1.807, 2.05) is 0 Å². The lowest BCUT2D eigenvalue weighted by molar-refractivity contribution is -0.178. The molecular formula is C12H16F2O3S. The fourth-order valence-corrected chi connectivity index (χ4v) is 6.47. The van der Waals surface area contributed by atoms with Gasteiger partial charge in [0.1, 0.15) is 0 Å². The van der Waals surface area contributed by atoms with Gasteiger partial charge in [0, 0.05) is 6.42 Å². The molecule has 3 nitrogen and oxygen atoms in total. The summed E-state index contributed by atoms with van der Waals surface area (Å²) in [6.07, 6.45) is 3.87. The van der Waals surface area contributed by atoms with Crippen molar-refractivity contribution in [1.29, 1.82) is 0 Å². The molecule has 2 unspecified atom stereocenters. The van der Waals surface area contributed by atoms with Crippen molar-refractivity contribution in [2.75, 3.05) is 0 Å². The van der Waals surface area contributed by atoms with Crippen molar-refractivity contribution >= 4 is 10.1 Å². The molecule has 6 heteroatoms. The normalized spacial score (nSPS) is 52.7. The molecular weight excluding hydrogens is 262 g/mol. The Morgan fingerprint density at radius 3 is 2.11 bits per heavy atom. The highest BCUT2D eigenvalue weighted by atomic mass is 32.2. The summed E-state index contributed by atoms with van der Waals surface area (Å²) < 4.78 is 57.5. The highest BCUT2D eigenvalue weighted by molar-refractivity contribution is 7.86. The molecule has 0 amide bonds. The highest BCUT2D eigenvalue weighted by Gasteiger charge is 2.78. The summed E-state index contributed by atoms with van der Waals surface area (Å²) in [7, 11) is -5.27. The smallest absolute Gasteiger partial charge is 0.281 e. The Labute approximate surface area is 105 Å². The number of rotatable bonds is 3. The van der Waals surface area contributed by atoms with Crippen molar-refractivity contribution in [1.82, 2.24) is 0 Å². The van der Waals surface area contributed by atoms with Crippen LogP contribution < -0.4 is 0 Å². The van der Waals surface area contributed by atoms with Gasteiger partial charge in [-0.05, 0) is 60.7 Å². The maximum Gasteiger partial charge on any atom is 0.370 e. The molecule has 0 aliphatic heterocycles. The molecule has 0 heterocycles. The average molecular weight is 278 g/mol. The van der Waals surface area contributed by atoms with Crippen molar-refractivity contribution in [3.8, 4) is 0 Å². The quantitative estimate of drug-likeness (QED) is 0.807. The van der Waals surface area contributed by atoms with E-state index in [0.29, 0.717) is 17.3 Å². The lowest BCUT2D eigenvalue weighted by atomic mass is 9.38. The van der Waals surface area contributed by atoms with Gasteiger partial charge in [-0.3, -0.25) is 4.55 Å². The zero-order valence-electron chi connectivity index (χ0n) is 9.90. The molecule has 2 atom stereocenters. The first-order chi connectivity index (χ1) is 8.19. The first-order valence-electron chi connectivity index (χ1n) is 6.53. The van der Waals surface area contributed by atoms with Gasteiger partial charge in [0.25, 0.3) is 0 Å². The summed E-state index contributed by atoms with van der Waals surface area (Å²) in [5.41, 5.74) is -0.227. The lowest BCUT2D eigenvalue weighted by Gasteiger charge is -2.66. The summed E-state index contributed by atoms with van der Waals surface area (Å²) in [6.45, 7) is 0. The minimum absolute atomic E-state index is 0.301. The number of hydrogen-bond acceptors (Lipinski definition) is 2. The molecule has 2 bridgehead atoms. The van der Waals surface area contributed by atoms with Gasteiger partial charge < -0.3 is 0 Å². The molecule has 4 aliphatic rings. The van der Waals surface area contributed by atoms with Crippen molar-refractivity contribution in [2.45, 2.75) is 43.8 Å². The molecule has 4 fully saturated rings. The van der Waals surface area contributed by atoms with E-state index in [1.165, 1.54) is 0 Å². The summed E-state index contributed by atoms with van der Waals surface area (Å²) in [6, 6.07) is 0. The van der Waals surface area contributed by atoms with Crippen LogP contribution in [0, 0.1) is 28.6 Å². The van der Waals surface area contributed by atoms with Crippen LogP contribution in [0.5, 0.6) is 0 Å². The SMILES string of the molecule is O=S(=O)(O)C(F)(F)CC12CC3CC4CC(C1)C43C2. The van der Waals surface area contributed by atoms with Gasteiger partial charge in [0.15, 0.2) is 0 Å². The van der Waals surface area contributed by atoms with Crippen LogP contribution in [-0.4, -0.2) is 18.2 Å². The third kappa shape index (κ3) is 1.07. The van der Waals surface area contributed by atoms with Gasteiger partial charge in [-0.2, -0.15) is 17.2 Å². The molecule has 4 saturated carbocycles. The van der Waals surface area contributed by atoms with Gasteiger partial charge in [-0.25, -0.2) is 0 Å². The number of fused-ring (bicyclic) bond motifs is 1. The molecule has 0 aromatic carbocycles. The van der Waals surface area contributed by atoms with Crippen molar-refractivity contribution in [3.05, 3.63) is 0 Å². The first-order valence-corrected chi connectivity index (χ1v) is 7.97. The second-order valence-electron chi connectivity index (χ2n) is 7.05. The van der Waals surface area contributed by atoms with Crippen molar-refractivity contribution in [3.63, 3.8) is 0 Å². The van der Waals surface area contributed by atoms with E-state index >= 15 is 0 Å². The number of halogens is 2. The summed E-state index contributed by atoms with van der Waals surface area (Å²) >= 11 is 0. The Morgan fingerprint density at radius 2 is 1.72 bits per heavy atom. The van der Waals surface area contributed by atoms with Crippen LogP contribution in [-0.2, 0) is 10.1 Å². The Hall–Kier alpha value is -0.230. The minimum atomic E-state index is -5.27. The molecule has 0 aromatic rings. The summed E-state index contributed by atoms with van der Waals surface area (Å²) in [5.74, 6) is 1.82. The van der Waals surface area contributed by atoms with Gasteiger partial charge in [-0.1, -0.05) is 0 Å². The molecule has 18 heavy (non-hydrogen) atoms. The highest BCUT2D eigenvalue weighted by Crippen LogP contribution is 2.85. The number of hydrogen-bond donors (Lipinski definition) is 1. The predicted octanol–water partition coefficient (Wildman–Crippen LogP) is 2.68. The van der Waals surface area contributed by atoms with Crippen LogP contribution in [0.25, 0.3) is 0 Å². The lowest BCUT2D eigenvalue weighted by Crippen LogP contribution is -2.59. The zero-order chi connectivity index (χ0) is 13.0. The van der Waals surface area contributed by atoms with E-state index in [4.69, 9.17) is 4.55 Å². The Bertz CT molecular complexity index is 511. The molecule has 4 aliphatic carbocycles. The Kier molecular flexibility index (Phi) is 1.79. The predicted molar refractivity (Wildman–Crippen MR) is 59.5 cm³/mol. The maximum absolute atomic E-state index is 13.6. The molecule has 0 aromatic heterocycles. The molecule has 102 valence electrons. The van der Waals surface area contributed by atoms with Gasteiger partial charge in [-0.15, -0.1) is 0 Å². The fourth-order valence-electron chi connectivity index (χ4n) is 5.98. The van der Waals surface area contributed by atoms with E-state index in [0.717, 1.165) is 38.0 Å². The topological polar surface area (TPSA) is 54.4 Å². The van der Waals surface area contributed by atoms with Crippen LogP contribution in [0.3, 0.4) is 0 Å². The van der Waals surface area contributed by atoms with Gasteiger partial charge >= 0.3 is 15.4 Å². The average Bonchev–Trinajstić information content (AvgIpc) is 2.60. The molecule has 0 radical (unpaired) electrons. The Morgan fingerprint density at radius 1 is 1.17 bits per heavy atom. The van der Waals surface area contributed by atoms with E-state index in [-0.39, 0.29) is 0 Å². The summed E-state index contributed by atoms with van der Waals surface area (Å²) in [4.78, 5) is 0. The molecule has 0 saturated heterocycles. The van der Waals surface area contributed by atoms with Crippen LogP contribution in [0.1, 0.15) is 38.5 Å². The third-order valence-corrected chi connectivity index (χ3v) is 7.32. The van der Waals surface area contributed by atoms with E-state index in [9.17, 15) is 17.2 Å². The fraction of sp³-hybridized carbons (Fsp3) is 1.00. The van der Waals surface area contributed by atoms with Gasteiger partial charge in [0.05, 0.1) is 0 Å². The summed E-state index contributed by atoms with van der Waals surface area (Å²) in [5, 5.41) is -3.98. The molecule has 1 spiro atoms. The van der Waals surface area contributed by atoms with Crippen LogP contribution in [0.4, 0.5) is 8.78 Å². The Balaban J connectivity index is 1.64. The largest absolute Gasteiger partial charge is 0.370 e. The van der Waals surface area contributed by atoms with E-state index in [2.05, 4.69) is 0 Å². The van der Waals surface area contributed by atoms with Crippen LogP contribution in [0.2, 0.25) is 0 Å². The van der Waals surface area contributed by atoms with Crippen LogP contribution >= 0.6 is 0 Å². The maximum atomic E-state index is 13.6. The standard InChI is InChI=1S/C12H16F2O3S/c13-12(14,18(15,16)17)6-10-3-8-1-7-2-9(4-10)11(7,8)5-10/h7-9H,1-6H2,(H,15,16,17). The van der Waals surface area contributed by atoms with Crippen LogP contribution in [0.15, 0.2) is 0 Å². The third-order valence-electron chi connectivity index (χ3n) is 6.42. The van der Waals surface area contributed by atoms with Gasteiger partial charge in [0.2, 0.25) is 0 Å². The second-order valence-corrected chi connectivity index (χ2v) is 8.60. The molecule has 4 rings (SSSR count). The monoisotopic (exact) mass is 278 g/mol. The van der Waals surface area contributed by atoms with Crippen molar-refractivity contribution in [2.24, 2.45) is 28.6 Å². The first kappa shape index (κ1) is 11.6. The van der Waals surface area contributed by atoms with E-state index in [1.54, 1.807) is 0 Å². The second kappa shape index (κ2) is 2.77. The zero-order valence-corrected chi connectivity index (χ0v) is 10.7.